The minimum atomic E-state index is -1.77. The smallest absolute Gasteiger partial charge is 0.260 e. The molecule has 2 atom stereocenters. The first kappa shape index (κ1) is 16.5. The molecule has 0 radical (unpaired) electrons. The van der Waals surface area contributed by atoms with Crippen LogP contribution in [0.25, 0.3) is 10.8 Å². The van der Waals surface area contributed by atoms with E-state index in [1.54, 1.807) is 0 Å². The number of pyridine rings is 1. The van der Waals surface area contributed by atoms with Gasteiger partial charge in [0.25, 0.3) is 5.91 Å². The number of halogens is 1. The minimum absolute atomic E-state index is 0.203. The average molecular weight is 340 g/mol. The molecule has 0 aliphatic carbocycles. The Labute approximate surface area is 148 Å². The maximum Gasteiger partial charge on any atom is 0.260 e. The van der Waals surface area contributed by atoms with Crippen molar-refractivity contribution in [1.29, 1.82) is 0 Å². The van der Waals surface area contributed by atoms with Crippen molar-refractivity contribution in [2.45, 2.75) is 63.7 Å². The number of benzene rings is 1. The lowest BCUT2D eigenvalue weighted by molar-refractivity contribution is -0.147. The predicted octanol–water partition coefficient (Wildman–Crippen LogP) is 4.30. The van der Waals surface area contributed by atoms with Gasteiger partial charge >= 0.3 is 0 Å². The molecule has 2 bridgehead atoms. The molecule has 2 aromatic rings. The van der Waals surface area contributed by atoms with Gasteiger partial charge in [-0.3, -0.25) is 9.78 Å². The molecule has 2 unspecified atom stereocenters. The van der Waals surface area contributed by atoms with E-state index in [0.29, 0.717) is 5.92 Å². The lowest BCUT2D eigenvalue weighted by Crippen LogP contribution is -2.52. The Morgan fingerprint density at radius 3 is 2.56 bits per heavy atom. The fourth-order valence-corrected chi connectivity index (χ4v) is 4.75. The molecule has 1 aromatic heterocycles. The summed E-state index contributed by atoms with van der Waals surface area (Å²) in [5.74, 6) is 0.210. The van der Waals surface area contributed by atoms with Gasteiger partial charge in [0, 0.05) is 29.9 Å². The van der Waals surface area contributed by atoms with Crippen molar-refractivity contribution >= 4 is 16.7 Å². The molecule has 2 saturated heterocycles. The van der Waals surface area contributed by atoms with Crippen molar-refractivity contribution in [2.24, 2.45) is 5.92 Å². The SMILES string of the molecule is CC(C)(F)C(=O)N1C2CCC1CC(Cc1cncc3ccccc13)C2. The Bertz CT molecular complexity index is 779. The molecular formula is C21H25FN2O. The lowest BCUT2D eigenvalue weighted by Gasteiger charge is -2.41. The number of hydrogen-bond donors (Lipinski definition) is 0. The number of carbonyl (C=O) groups excluding carboxylic acids is 1. The quantitative estimate of drug-likeness (QED) is 0.835. The zero-order chi connectivity index (χ0) is 17.6. The van der Waals surface area contributed by atoms with Crippen LogP contribution in [-0.4, -0.2) is 33.5 Å². The second-order valence-corrected chi connectivity index (χ2v) is 8.13. The molecule has 2 aliphatic rings. The first-order valence-corrected chi connectivity index (χ1v) is 9.27. The number of nitrogens with zero attached hydrogens (tertiary/aromatic N) is 2. The van der Waals surface area contributed by atoms with Crippen molar-refractivity contribution < 1.29 is 9.18 Å². The summed E-state index contributed by atoms with van der Waals surface area (Å²) in [5, 5.41) is 2.45. The van der Waals surface area contributed by atoms with Gasteiger partial charge in [-0.2, -0.15) is 0 Å². The van der Waals surface area contributed by atoms with Crippen LogP contribution in [0, 0.1) is 5.92 Å². The van der Waals surface area contributed by atoms with Crippen molar-refractivity contribution in [2.75, 3.05) is 0 Å². The average Bonchev–Trinajstić information content (AvgIpc) is 2.84. The summed E-state index contributed by atoms with van der Waals surface area (Å²) in [6.07, 6.45) is 8.85. The highest BCUT2D eigenvalue weighted by atomic mass is 19.1. The van der Waals surface area contributed by atoms with E-state index in [9.17, 15) is 9.18 Å². The van der Waals surface area contributed by atoms with Crippen LogP contribution in [0.4, 0.5) is 4.39 Å². The Morgan fingerprint density at radius 1 is 1.20 bits per heavy atom. The first-order chi connectivity index (χ1) is 11.9. The molecule has 1 amide bonds. The first-order valence-electron chi connectivity index (χ1n) is 9.27. The van der Waals surface area contributed by atoms with Gasteiger partial charge in [-0.25, -0.2) is 4.39 Å². The molecule has 3 heterocycles. The number of aromatic nitrogens is 1. The number of alkyl halides is 1. The van der Waals surface area contributed by atoms with Gasteiger partial charge < -0.3 is 4.90 Å². The van der Waals surface area contributed by atoms with Crippen LogP contribution in [-0.2, 0) is 11.2 Å². The number of rotatable bonds is 3. The normalized spacial score (nSPS) is 26.2. The van der Waals surface area contributed by atoms with Gasteiger partial charge in [-0.15, -0.1) is 0 Å². The molecule has 0 saturated carbocycles. The van der Waals surface area contributed by atoms with E-state index in [-0.39, 0.29) is 18.0 Å². The van der Waals surface area contributed by atoms with Gasteiger partial charge in [0.15, 0.2) is 5.67 Å². The standard InChI is InChI=1S/C21H25FN2O/c1-21(2,22)20(25)24-17-7-8-18(24)11-14(10-17)9-16-13-23-12-15-5-3-4-6-19(15)16/h3-6,12-14,17-18H,7-11H2,1-2H3. The van der Waals surface area contributed by atoms with Gasteiger partial charge in [0.05, 0.1) is 0 Å². The molecule has 0 N–H and O–H groups in total. The van der Waals surface area contributed by atoms with Crippen LogP contribution in [0.2, 0.25) is 0 Å². The van der Waals surface area contributed by atoms with Gasteiger partial charge in [-0.1, -0.05) is 24.3 Å². The van der Waals surface area contributed by atoms with Crippen LogP contribution in [0.15, 0.2) is 36.7 Å². The largest absolute Gasteiger partial charge is 0.334 e. The summed E-state index contributed by atoms with van der Waals surface area (Å²) in [4.78, 5) is 18.7. The van der Waals surface area contributed by atoms with E-state index >= 15 is 0 Å². The van der Waals surface area contributed by atoms with E-state index < -0.39 is 5.67 Å². The third kappa shape index (κ3) is 3.03. The van der Waals surface area contributed by atoms with Gasteiger partial charge in [-0.05, 0) is 62.8 Å². The summed E-state index contributed by atoms with van der Waals surface area (Å²) in [7, 11) is 0. The van der Waals surface area contributed by atoms with Gasteiger partial charge in [0.2, 0.25) is 0 Å². The summed E-state index contributed by atoms with van der Waals surface area (Å²) in [6, 6.07) is 8.77. The van der Waals surface area contributed by atoms with E-state index in [1.807, 2.05) is 23.4 Å². The van der Waals surface area contributed by atoms with Crippen molar-refractivity contribution in [3.05, 3.63) is 42.2 Å². The fourth-order valence-electron chi connectivity index (χ4n) is 4.75. The molecule has 3 nitrogen and oxygen atoms in total. The van der Waals surface area contributed by atoms with Gasteiger partial charge in [0.1, 0.15) is 0 Å². The molecule has 4 rings (SSSR count). The third-order valence-corrected chi connectivity index (χ3v) is 5.83. The topological polar surface area (TPSA) is 33.2 Å². The Balaban J connectivity index is 1.53. The Kier molecular flexibility index (Phi) is 4.01. The third-order valence-electron chi connectivity index (χ3n) is 5.83. The predicted molar refractivity (Wildman–Crippen MR) is 97.0 cm³/mol. The molecule has 2 fully saturated rings. The van der Waals surface area contributed by atoms with Crippen LogP contribution >= 0.6 is 0 Å². The van der Waals surface area contributed by atoms with Crippen molar-refractivity contribution in [1.82, 2.24) is 9.88 Å². The summed E-state index contributed by atoms with van der Waals surface area (Å²) in [5.41, 5.74) is -0.485. The zero-order valence-electron chi connectivity index (χ0n) is 14.9. The Hall–Kier alpha value is -1.97. The highest BCUT2D eigenvalue weighted by Crippen LogP contribution is 2.41. The van der Waals surface area contributed by atoms with Crippen molar-refractivity contribution in [3.8, 4) is 0 Å². The molecule has 4 heteroatoms. The van der Waals surface area contributed by atoms with Crippen LogP contribution in [0.5, 0.6) is 0 Å². The summed E-state index contributed by atoms with van der Waals surface area (Å²) >= 11 is 0. The van der Waals surface area contributed by atoms with E-state index in [0.717, 1.165) is 32.1 Å². The monoisotopic (exact) mass is 340 g/mol. The van der Waals surface area contributed by atoms with E-state index in [4.69, 9.17) is 0 Å². The molecule has 2 aliphatic heterocycles. The summed E-state index contributed by atoms with van der Waals surface area (Å²) < 4.78 is 14.2. The highest BCUT2D eigenvalue weighted by molar-refractivity contribution is 5.85. The maximum absolute atomic E-state index is 14.2. The highest BCUT2D eigenvalue weighted by Gasteiger charge is 2.47. The van der Waals surface area contributed by atoms with Crippen molar-refractivity contribution in [3.63, 3.8) is 0 Å². The molecule has 132 valence electrons. The Morgan fingerprint density at radius 2 is 1.88 bits per heavy atom. The minimum Gasteiger partial charge on any atom is -0.334 e. The number of piperidine rings is 1. The number of amides is 1. The number of carbonyl (C=O) groups is 1. The second kappa shape index (κ2) is 6.08. The summed E-state index contributed by atoms with van der Waals surface area (Å²) in [6.45, 7) is 2.76. The molecule has 1 aromatic carbocycles. The second-order valence-electron chi connectivity index (χ2n) is 8.13. The zero-order valence-corrected chi connectivity index (χ0v) is 14.9. The van der Waals surface area contributed by atoms with E-state index in [2.05, 4.69) is 23.2 Å². The lowest BCUT2D eigenvalue weighted by atomic mass is 9.84. The molecule has 0 spiro atoms. The molecular weight excluding hydrogens is 315 g/mol. The number of hydrogen-bond acceptors (Lipinski definition) is 2. The van der Waals surface area contributed by atoms with Crippen LogP contribution in [0.1, 0.15) is 45.1 Å². The maximum atomic E-state index is 14.2. The van der Waals surface area contributed by atoms with Crippen LogP contribution in [0.3, 0.4) is 0 Å². The van der Waals surface area contributed by atoms with E-state index in [1.165, 1.54) is 30.2 Å². The van der Waals surface area contributed by atoms with Crippen LogP contribution < -0.4 is 0 Å². The fraction of sp³-hybridized carbons (Fsp3) is 0.524. The molecule has 25 heavy (non-hydrogen) atoms. The number of fused-ring (bicyclic) bond motifs is 3.